The quantitative estimate of drug-likeness (QED) is 0.660. The lowest BCUT2D eigenvalue weighted by Crippen LogP contribution is -1.95. The van der Waals surface area contributed by atoms with Gasteiger partial charge in [0.1, 0.15) is 5.56 Å². The summed E-state index contributed by atoms with van der Waals surface area (Å²) in [7, 11) is 0. The smallest absolute Gasteiger partial charge is 0.283 e. The second-order valence-corrected chi connectivity index (χ2v) is 3.56. The van der Waals surface area contributed by atoms with Crippen LogP contribution in [0.25, 0.3) is 11.5 Å². The lowest BCUT2D eigenvalue weighted by atomic mass is 10.2. The van der Waals surface area contributed by atoms with E-state index in [1.165, 1.54) is 18.2 Å². The number of halogens is 1. The van der Waals surface area contributed by atoms with Gasteiger partial charge in [0, 0.05) is 11.1 Å². The predicted octanol–water partition coefficient (Wildman–Crippen LogP) is 1.76. The molecular weight excluding hydrogens is 248 g/mol. The fourth-order valence-corrected chi connectivity index (χ4v) is 1.45. The van der Waals surface area contributed by atoms with Crippen LogP contribution < -0.4 is 5.73 Å². The van der Waals surface area contributed by atoms with Crippen LogP contribution in [0.2, 0.25) is 5.02 Å². The summed E-state index contributed by atoms with van der Waals surface area (Å²) in [5.74, 6) is 0.262. The van der Waals surface area contributed by atoms with Gasteiger partial charge in [-0.1, -0.05) is 11.6 Å². The molecule has 0 aliphatic rings. The van der Waals surface area contributed by atoms with Crippen molar-refractivity contribution in [1.29, 1.82) is 0 Å². The standard InChI is InChI=1S/C9H7ClN4O3/c10-5-1-2-6(7(3-5)14(15)16)9-13-12-8(4-11)17-9/h1-3H,4,11H2. The zero-order chi connectivity index (χ0) is 12.4. The second kappa shape index (κ2) is 4.48. The molecule has 0 saturated heterocycles. The van der Waals surface area contributed by atoms with Gasteiger partial charge in [0.25, 0.3) is 11.6 Å². The van der Waals surface area contributed by atoms with Crippen LogP contribution in [-0.2, 0) is 6.54 Å². The molecule has 0 saturated carbocycles. The van der Waals surface area contributed by atoms with Crippen molar-refractivity contribution in [2.45, 2.75) is 6.54 Å². The van der Waals surface area contributed by atoms with E-state index in [2.05, 4.69) is 10.2 Å². The van der Waals surface area contributed by atoms with E-state index in [0.29, 0.717) is 0 Å². The minimum Gasteiger partial charge on any atom is -0.419 e. The molecule has 1 aromatic carbocycles. The Bertz CT molecular complexity index is 569. The zero-order valence-electron chi connectivity index (χ0n) is 8.46. The molecular formula is C9H7ClN4O3. The van der Waals surface area contributed by atoms with E-state index in [0.717, 1.165) is 0 Å². The zero-order valence-corrected chi connectivity index (χ0v) is 9.22. The number of benzene rings is 1. The number of nitro benzene ring substituents is 1. The highest BCUT2D eigenvalue weighted by molar-refractivity contribution is 6.30. The first-order valence-electron chi connectivity index (χ1n) is 4.58. The molecule has 0 aliphatic heterocycles. The van der Waals surface area contributed by atoms with Crippen molar-refractivity contribution < 1.29 is 9.34 Å². The maximum Gasteiger partial charge on any atom is 0.283 e. The van der Waals surface area contributed by atoms with Crippen LogP contribution in [0, 0.1) is 10.1 Å². The van der Waals surface area contributed by atoms with E-state index < -0.39 is 4.92 Å². The van der Waals surface area contributed by atoms with Gasteiger partial charge < -0.3 is 10.2 Å². The van der Waals surface area contributed by atoms with E-state index in [-0.39, 0.29) is 34.6 Å². The molecule has 17 heavy (non-hydrogen) atoms. The summed E-state index contributed by atoms with van der Waals surface area (Å²) in [5.41, 5.74) is 5.34. The van der Waals surface area contributed by atoms with Gasteiger partial charge in [0.2, 0.25) is 5.89 Å². The number of nitrogens with two attached hydrogens (primary N) is 1. The van der Waals surface area contributed by atoms with Gasteiger partial charge in [0.05, 0.1) is 11.5 Å². The normalized spacial score (nSPS) is 10.5. The highest BCUT2D eigenvalue weighted by Crippen LogP contribution is 2.31. The summed E-state index contributed by atoms with van der Waals surface area (Å²) in [6, 6.07) is 4.19. The minimum atomic E-state index is -0.562. The van der Waals surface area contributed by atoms with Crippen molar-refractivity contribution in [3.63, 3.8) is 0 Å². The van der Waals surface area contributed by atoms with Crippen LogP contribution in [0.1, 0.15) is 5.89 Å². The van der Waals surface area contributed by atoms with Gasteiger partial charge in [-0.25, -0.2) is 0 Å². The maximum absolute atomic E-state index is 10.9. The second-order valence-electron chi connectivity index (χ2n) is 3.12. The molecule has 1 aromatic heterocycles. The molecule has 2 rings (SSSR count). The molecule has 2 N–H and O–H groups in total. The van der Waals surface area contributed by atoms with Crippen LogP contribution in [0.5, 0.6) is 0 Å². The first-order valence-corrected chi connectivity index (χ1v) is 4.96. The van der Waals surface area contributed by atoms with Gasteiger partial charge in [0.15, 0.2) is 0 Å². The van der Waals surface area contributed by atoms with E-state index >= 15 is 0 Å². The molecule has 0 bridgehead atoms. The number of hydrogen-bond acceptors (Lipinski definition) is 6. The summed E-state index contributed by atoms with van der Waals surface area (Å²) >= 11 is 5.69. The molecule has 2 aromatic rings. The van der Waals surface area contributed by atoms with Gasteiger partial charge in [-0.15, -0.1) is 10.2 Å². The Morgan fingerprint density at radius 3 is 2.82 bits per heavy atom. The van der Waals surface area contributed by atoms with Gasteiger partial charge in [-0.05, 0) is 12.1 Å². The highest BCUT2D eigenvalue weighted by Gasteiger charge is 2.20. The molecule has 1 heterocycles. The molecule has 0 aliphatic carbocycles. The van der Waals surface area contributed by atoms with Crippen molar-refractivity contribution in [2.24, 2.45) is 5.73 Å². The van der Waals surface area contributed by atoms with Crippen molar-refractivity contribution >= 4 is 17.3 Å². The molecule has 0 unspecified atom stereocenters. The molecule has 0 radical (unpaired) electrons. The van der Waals surface area contributed by atoms with Crippen LogP contribution >= 0.6 is 11.6 Å². The number of rotatable bonds is 3. The monoisotopic (exact) mass is 254 g/mol. The number of nitrogens with zero attached hydrogens (tertiary/aromatic N) is 3. The molecule has 0 spiro atoms. The Kier molecular flexibility index (Phi) is 3.03. The number of nitro groups is 1. The van der Waals surface area contributed by atoms with E-state index in [1.54, 1.807) is 0 Å². The van der Waals surface area contributed by atoms with Crippen LogP contribution in [0.3, 0.4) is 0 Å². The van der Waals surface area contributed by atoms with Crippen molar-refractivity contribution in [2.75, 3.05) is 0 Å². The molecule has 0 atom stereocenters. The third-order valence-corrected chi connectivity index (χ3v) is 2.26. The van der Waals surface area contributed by atoms with Gasteiger partial charge in [-0.3, -0.25) is 10.1 Å². The lowest BCUT2D eigenvalue weighted by Gasteiger charge is -1.98. The van der Waals surface area contributed by atoms with Crippen LogP contribution in [0.15, 0.2) is 22.6 Å². The van der Waals surface area contributed by atoms with E-state index in [9.17, 15) is 10.1 Å². The minimum absolute atomic E-state index is 0.0498. The number of hydrogen-bond donors (Lipinski definition) is 1. The Labute approximate surface area is 100 Å². The third-order valence-electron chi connectivity index (χ3n) is 2.03. The average molecular weight is 255 g/mol. The molecule has 0 amide bonds. The third kappa shape index (κ3) is 2.24. The molecule has 8 heteroatoms. The Balaban J connectivity index is 2.54. The highest BCUT2D eigenvalue weighted by atomic mass is 35.5. The topological polar surface area (TPSA) is 108 Å². The Morgan fingerprint density at radius 2 is 2.24 bits per heavy atom. The maximum atomic E-state index is 10.9. The largest absolute Gasteiger partial charge is 0.419 e. The fourth-order valence-electron chi connectivity index (χ4n) is 1.28. The first-order chi connectivity index (χ1) is 8.11. The van der Waals surface area contributed by atoms with Crippen LogP contribution in [-0.4, -0.2) is 15.1 Å². The summed E-state index contributed by atoms with van der Waals surface area (Å²) in [5, 5.41) is 18.4. The van der Waals surface area contributed by atoms with Gasteiger partial charge >= 0.3 is 0 Å². The van der Waals surface area contributed by atoms with Crippen molar-refractivity contribution in [1.82, 2.24) is 10.2 Å². The van der Waals surface area contributed by atoms with E-state index in [4.69, 9.17) is 21.8 Å². The lowest BCUT2D eigenvalue weighted by molar-refractivity contribution is -0.384. The van der Waals surface area contributed by atoms with Crippen LogP contribution in [0.4, 0.5) is 5.69 Å². The fraction of sp³-hybridized carbons (Fsp3) is 0.111. The summed E-state index contributed by atoms with van der Waals surface area (Å²) in [4.78, 5) is 10.3. The first kappa shape index (κ1) is 11.5. The number of aromatic nitrogens is 2. The van der Waals surface area contributed by atoms with E-state index in [1.807, 2.05) is 0 Å². The Morgan fingerprint density at radius 1 is 1.47 bits per heavy atom. The molecule has 88 valence electrons. The average Bonchev–Trinajstić information content (AvgIpc) is 2.77. The summed E-state index contributed by atoms with van der Waals surface area (Å²) in [6.45, 7) is 0.0778. The molecule has 7 nitrogen and oxygen atoms in total. The predicted molar refractivity (Wildman–Crippen MR) is 59.3 cm³/mol. The van der Waals surface area contributed by atoms with Crippen molar-refractivity contribution in [3.05, 3.63) is 39.2 Å². The van der Waals surface area contributed by atoms with Crippen molar-refractivity contribution in [3.8, 4) is 11.5 Å². The Hall–Kier alpha value is -1.99. The summed E-state index contributed by atoms with van der Waals surface area (Å²) < 4.78 is 5.15. The molecule has 0 fully saturated rings. The van der Waals surface area contributed by atoms with Gasteiger partial charge in [-0.2, -0.15) is 0 Å². The SMILES string of the molecule is NCc1nnc(-c2ccc(Cl)cc2[N+](=O)[O-])o1. The summed E-state index contributed by atoms with van der Waals surface area (Å²) in [6.07, 6.45) is 0.